The molecular weight excluding hydrogens is 250 g/mol. The van der Waals surface area contributed by atoms with Crippen LogP contribution in [0.15, 0.2) is 30.2 Å². The fourth-order valence-electron chi connectivity index (χ4n) is 1.42. The smallest absolute Gasteiger partial charge is 0.321 e. The summed E-state index contributed by atoms with van der Waals surface area (Å²) in [4.78, 5) is 25.7. The van der Waals surface area contributed by atoms with Crippen molar-refractivity contribution in [2.45, 2.75) is 6.54 Å². The Morgan fingerprint density at radius 1 is 1.56 bits per heavy atom. The van der Waals surface area contributed by atoms with E-state index in [9.17, 15) is 9.59 Å². The van der Waals surface area contributed by atoms with Crippen molar-refractivity contribution in [1.82, 2.24) is 15.5 Å². The van der Waals surface area contributed by atoms with Crippen molar-refractivity contribution < 1.29 is 9.59 Å². The van der Waals surface area contributed by atoms with E-state index in [-0.39, 0.29) is 12.5 Å². The minimum atomic E-state index is -0.491. The van der Waals surface area contributed by atoms with Crippen molar-refractivity contribution >= 4 is 23.3 Å². The van der Waals surface area contributed by atoms with Gasteiger partial charge in [0.2, 0.25) is 5.91 Å². The highest BCUT2D eigenvalue weighted by Crippen LogP contribution is 2.11. The lowest BCUT2D eigenvalue weighted by molar-refractivity contribution is -0.121. The van der Waals surface area contributed by atoms with E-state index < -0.39 is 6.03 Å². The monoisotopic (exact) mass is 267 g/mol. The molecule has 0 aromatic carbocycles. The average molecular weight is 267 g/mol. The van der Waals surface area contributed by atoms with Crippen LogP contribution in [0.4, 0.5) is 4.79 Å². The van der Waals surface area contributed by atoms with E-state index in [1.807, 2.05) is 22.4 Å². The van der Waals surface area contributed by atoms with Gasteiger partial charge in [-0.25, -0.2) is 4.79 Å². The lowest BCUT2D eigenvalue weighted by Gasteiger charge is -2.18. The lowest BCUT2D eigenvalue weighted by atomic mass is 10.3. The zero-order valence-electron chi connectivity index (χ0n) is 10.3. The molecular formula is C12H17N3O2S. The Hall–Kier alpha value is -1.66. The van der Waals surface area contributed by atoms with Crippen LogP contribution in [0.1, 0.15) is 4.88 Å². The molecule has 0 unspecified atom stereocenters. The van der Waals surface area contributed by atoms with Crippen LogP contribution in [0.3, 0.4) is 0 Å². The first-order chi connectivity index (χ1) is 8.65. The van der Waals surface area contributed by atoms with Crippen molar-refractivity contribution in [2.24, 2.45) is 0 Å². The van der Waals surface area contributed by atoms with Gasteiger partial charge in [-0.2, -0.15) is 0 Å². The summed E-state index contributed by atoms with van der Waals surface area (Å²) in [6.45, 7) is 5.10. The largest absolute Gasteiger partial charge is 0.341 e. The number of urea groups is 1. The Morgan fingerprint density at radius 2 is 2.33 bits per heavy atom. The summed E-state index contributed by atoms with van der Waals surface area (Å²) in [5, 5.41) is 6.57. The van der Waals surface area contributed by atoms with Gasteiger partial charge < -0.3 is 5.32 Å². The SMILES string of the molecule is C=CCN(CC(=O)NC(=O)NC)Cc1cccs1. The first kappa shape index (κ1) is 14.4. The number of hydrogen-bond donors (Lipinski definition) is 2. The Labute approximate surface area is 110 Å². The van der Waals surface area contributed by atoms with Crippen LogP contribution in [0.5, 0.6) is 0 Å². The van der Waals surface area contributed by atoms with Gasteiger partial charge in [0.15, 0.2) is 0 Å². The maximum atomic E-state index is 11.6. The summed E-state index contributed by atoms with van der Waals surface area (Å²) >= 11 is 1.64. The maximum absolute atomic E-state index is 11.6. The van der Waals surface area contributed by atoms with E-state index in [0.717, 1.165) is 0 Å². The van der Waals surface area contributed by atoms with Gasteiger partial charge in [0, 0.05) is 25.0 Å². The Morgan fingerprint density at radius 3 is 2.89 bits per heavy atom. The van der Waals surface area contributed by atoms with E-state index in [1.54, 1.807) is 17.4 Å². The van der Waals surface area contributed by atoms with E-state index >= 15 is 0 Å². The maximum Gasteiger partial charge on any atom is 0.321 e. The third-order valence-electron chi connectivity index (χ3n) is 2.19. The van der Waals surface area contributed by atoms with Crippen molar-refractivity contribution in [3.05, 3.63) is 35.0 Å². The summed E-state index contributed by atoms with van der Waals surface area (Å²) in [6, 6.07) is 3.49. The molecule has 0 aliphatic heterocycles. The fraction of sp³-hybridized carbons (Fsp3) is 0.333. The highest BCUT2D eigenvalue weighted by molar-refractivity contribution is 7.09. The zero-order valence-corrected chi connectivity index (χ0v) is 11.1. The number of nitrogens with zero attached hydrogens (tertiary/aromatic N) is 1. The van der Waals surface area contributed by atoms with Gasteiger partial charge in [-0.3, -0.25) is 15.0 Å². The van der Waals surface area contributed by atoms with Crippen LogP contribution in [0.2, 0.25) is 0 Å². The van der Waals surface area contributed by atoms with Crippen molar-refractivity contribution in [3.8, 4) is 0 Å². The number of hydrogen-bond acceptors (Lipinski definition) is 4. The molecule has 1 heterocycles. The molecule has 0 saturated heterocycles. The second-order valence-corrected chi connectivity index (χ2v) is 4.70. The Kier molecular flexibility index (Phi) is 6.10. The van der Waals surface area contributed by atoms with Gasteiger partial charge in [-0.05, 0) is 11.4 Å². The molecule has 0 spiro atoms. The van der Waals surface area contributed by atoms with Gasteiger partial charge in [-0.15, -0.1) is 17.9 Å². The summed E-state index contributed by atoms with van der Waals surface area (Å²) in [5.74, 6) is -0.326. The Bertz CT molecular complexity index is 403. The normalized spacial score (nSPS) is 10.1. The van der Waals surface area contributed by atoms with Crippen LogP contribution >= 0.6 is 11.3 Å². The second kappa shape index (κ2) is 7.62. The minimum absolute atomic E-state index is 0.164. The molecule has 1 rings (SSSR count). The molecule has 3 amide bonds. The lowest BCUT2D eigenvalue weighted by Crippen LogP contribution is -2.43. The summed E-state index contributed by atoms with van der Waals surface area (Å²) in [7, 11) is 1.47. The molecule has 0 aliphatic rings. The molecule has 2 N–H and O–H groups in total. The van der Waals surface area contributed by atoms with E-state index in [4.69, 9.17) is 0 Å². The molecule has 6 heteroatoms. The number of amides is 3. The van der Waals surface area contributed by atoms with Gasteiger partial charge >= 0.3 is 6.03 Å². The van der Waals surface area contributed by atoms with Crippen LogP contribution in [-0.4, -0.2) is 37.0 Å². The molecule has 0 aliphatic carbocycles. The first-order valence-corrected chi connectivity index (χ1v) is 6.41. The fourth-order valence-corrected chi connectivity index (χ4v) is 2.17. The molecule has 0 bridgehead atoms. The molecule has 0 atom stereocenters. The van der Waals surface area contributed by atoms with Crippen LogP contribution < -0.4 is 10.6 Å². The number of thiophene rings is 1. The summed E-state index contributed by atoms with van der Waals surface area (Å²) in [5.41, 5.74) is 0. The standard InChI is InChI=1S/C12H17N3O2S/c1-3-6-15(8-10-5-4-7-18-10)9-11(16)14-12(17)13-2/h3-5,7H,1,6,8-9H2,2H3,(H2,13,14,16,17). The molecule has 18 heavy (non-hydrogen) atoms. The van der Waals surface area contributed by atoms with Crippen LogP contribution in [0.25, 0.3) is 0 Å². The van der Waals surface area contributed by atoms with Gasteiger partial charge in [0.1, 0.15) is 0 Å². The number of carbonyl (C=O) groups is 2. The average Bonchev–Trinajstić information content (AvgIpc) is 2.81. The van der Waals surface area contributed by atoms with E-state index in [2.05, 4.69) is 17.2 Å². The third kappa shape index (κ3) is 5.11. The zero-order chi connectivity index (χ0) is 13.4. The minimum Gasteiger partial charge on any atom is -0.341 e. The third-order valence-corrected chi connectivity index (χ3v) is 3.06. The molecule has 0 saturated carbocycles. The van der Waals surface area contributed by atoms with Crippen LogP contribution in [0, 0.1) is 0 Å². The number of rotatable bonds is 6. The molecule has 98 valence electrons. The summed E-state index contributed by atoms with van der Waals surface area (Å²) in [6.07, 6.45) is 1.74. The molecule has 0 radical (unpaired) electrons. The number of imide groups is 1. The highest BCUT2D eigenvalue weighted by Gasteiger charge is 2.12. The number of carbonyl (C=O) groups excluding carboxylic acids is 2. The molecule has 1 aromatic heterocycles. The van der Waals surface area contributed by atoms with Crippen LogP contribution in [-0.2, 0) is 11.3 Å². The van der Waals surface area contributed by atoms with Crippen molar-refractivity contribution in [2.75, 3.05) is 20.1 Å². The van der Waals surface area contributed by atoms with Gasteiger partial charge in [0.25, 0.3) is 0 Å². The van der Waals surface area contributed by atoms with E-state index in [0.29, 0.717) is 13.1 Å². The topological polar surface area (TPSA) is 61.4 Å². The predicted octanol–water partition coefficient (Wildman–Crippen LogP) is 1.19. The molecule has 1 aromatic rings. The summed E-state index contributed by atoms with van der Waals surface area (Å²) < 4.78 is 0. The second-order valence-electron chi connectivity index (χ2n) is 3.66. The number of nitrogens with one attached hydrogen (secondary N) is 2. The predicted molar refractivity (Wildman–Crippen MR) is 72.4 cm³/mol. The van der Waals surface area contributed by atoms with Crippen molar-refractivity contribution in [1.29, 1.82) is 0 Å². The van der Waals surface area contributed by atoms with Gasteiger partial charge in [-0.1, -0.05) is 12.1 Å². The Balaban J connectivity index is 2.49. The first-order valence-electron chi connectivity index (χ1n) is 5.53. The van der Waals surface area contributed by atoms with E-state index in [1.165, 1.54) is 11.9 Å². The molecule has 5 nitrogen and oxygen atoms in total. The van der Waals surface area contributed by atoms with Gasteiger partial charge in [0.05, 0.1) is 6.54 Å². The quantitative estimate of drug-likeness (QED) is 0.761. The highest BCUT2D eigenvalue weighted by atomic mass is 32.1. The molecule has 0 fully saturated rings. The van der Waals surface area contributed by atoms with Crippen molar-refractivity contribution in [3.63, 3.8) is 0 Å².